The van der Waals surface area contributed by atoms with Crippen LogP contribution in [0.3, 0.4) is 0 Å². The SMILES string of the molecule is CS(=O)(=O)NC1CCC(Nc2ncc3c(n2)NC(=O)N(c2ccccc2Cl)C3)CC1. The number of benzene rings is 1. The van der Waals surface area contributed by atoms with Crippen LogP contribution in [0.2, 0.25) is 5.02 Å². The molecule has 2 aromatic rings. The molecule has 11 heteroatoms. The molecule has 0 atom stereocenters. The van der Waals surface area contributed by atoms with E-state index in [1.165, 1.54) is 6.26 Å². The first-order valence-electron chi connectivity index (χ1n) is 9.71. The fourth-order valence-electron chi connectivity index (χ4n) is 3.82. The lowest BCUT2D eigenvalue weighted by molar-refractivity contribution is 0.256. The summed E-state index contributed by atoms with van der Waals surface area (Å²) in [5, 5.41) is 6.60. The minimum atomic E-state index is -3.19. The van der Waals surface area contributed by atoms with Gasteiger partial charge in [0, 0.05) is 23.8 Å². The van der Waals surface area contributed by atoms with Gasteiger partial charge in [0.25, 0.3) is 0 Å². The molecule has 0 radical (unpaired) electrons. The standard InChI is InChI=1S/C19H23ClN6O3S/c1-30(28,29)25-14-8-6-13(7-9-14)22-18-21-10-12-11-26(19(27)24-17(12)23-18)16-5-3-2-4-15(16)20/h2-5,10,13-14,25H,6-9,11H2,1H3,(H2,21,22,23,24,27). The third-order valence-electron chi connectivity index (χ3n) is 5.25. The van der Waals surface area contributed by atoms with Gasteiger partial charge in [0.1, 0.15) is 5.82 Å². The third-order valence-corrected chi connectivity index (χ3v) is 6.33. The molecule has 3 N–H and O–H groups in total. The Labute approximate surface area is 180 Å². The van der Waals surface area contributed by atoms with Crippen LogP contribution in [0.5, 0.6) is 0 Å². The van der Waals surface area contributed by atoms with Crippen LogP contribution in [0.1, 0.15) is 31.2 Å². The molecule has 2 aliphatic rings. The maximum absolute atomic E-state index is 12.6. The quantitative estimate of drug-likeness (QED) is 0.644. The molecule has 1 aliphatic heterocycles. The van der Waals surface area contributed by atoms with Crippen molar-refractivity contribution in [2.45, 2.75) is 44.3 Å². The van der Waals surface area contributed by atoms with Crippen molar-refractivity contribution < 1.29 is 13.2 Å². The summed E-state index contributed by atoms with van der Waals surface area (Å²) in [7, 11) is -3.19. The number of nitrogens with zero attached hydrogens (tertiary/aromatic N) is 3. The highest BCUT2D eigenvalue weighted by atomic mass is 35.5. The summed E-state index contributed by atoms with van der Waals surface area (Å²) in [5.74, 6) is 0.924. The first-order valence-corrected chi connectivity index (χ1v) is 12.0. The second-order valence-electron chi connectivity index (χ2n) is 7.62. The van der Waals surface area contributed by atoms with Crippen molar-refractivity contribution in [3.05, 3.63) is 41.0 Å². The average Bonchev–Trinajstić information content (AvgIpc) is 2.68. The predicted octanol–water partition coefficient (Wildman–Crippen LogP) is 2.95. The fraction of sp³-hybridized carbons (Fsp3) is 0.421. The lowest BCUT2D eigenvalue weighted by Crippen LogP contribution is -2.40. The number of para-hydroxylation sites is 1. The Kier molecular flexibility index (Phi) is 5.81. The highest BCUT2D eigenvalue weighted by Crippen LogP contribution is 2.31. The van der Waals surface area contributed by atoms with Crippen LogP contribution >= 0.6 is 11.6 Å². The number of rotatable bonds is 5. The van der Waals surface area contributed by atoms with E-state index in [0.29, 0.717) is 29.0 Å². The molecule has 2 heterocycles. The largest absolute Gasteiger partial charge is 0.351 e. The topological polar surface area (TPSA) is 116 Å². The number of aromatic nitrogens is 2. The zero-order valence-electron chi connectivity index (χ0n) is 16.4. The van der Waals surface area contributed by atoms with Crippen LogP contribution in [-0.4, -0.2) is 42.8 Å². The van der Waals surface area contributed by atoms with Gasteiger partial charge in [-0.15, -0.1) is 0 Å². The Balaban J connectivity index is 1.41. The number of nitrogens with one attached hydrogen (secondary N) is 3. The zero-order chi connectivity index (χ0) is 21.3. The van der Waals surface area contributed by atoms with Crippen molar-refractivity contribution in [3.63, 3.8) is 0 Å². The molecule has 4 rings (SSSR count). The molecule has 2 amide bonds. The number of hydrogen-bond acceptors (Lipinski definition) is 6. The highest BCUT2D eigenvalue weighted by molar-refractivity contribution is 7.88. The first kappa shape index (κ1) is 20.8. The van der Waals surface area contributed by atoms with E-state index in [0.717, 1.165) is 31.2 Å². The number of carbonyl (C=O) groups is 1. The number of amides is 2. The smallest absolute Gasteiger partial charge is 0.327 e. The Hall–Kier alpha value is -2.43. The minimum absolute atomic E-state index is 0.0300. The number of hydrogen-bond donors (Lipinski definition) is 3. The maximum Gasteiger partial charge on any atom is 0.327 e. The lowest BCUT2D eigenvalue weighted by Gasteiger charge is -2.31. The van der Waals surface area contributed by atoms with Gasteiger partial charge in [0.05, 0.1) is 23.5 Å². The number of halogens is 1. The molecule has 160 valence electrons. The Morgan fingerprint density at radius 2 is 1.87 bits per heavy atom. The van der Waals surface area contributed by atoms with Crippen molar-refractivity contribution in [2.75, 3.05) is 21.8 Å². The molecule has 0 unspecified atom stereocenters. The van der Waals surface area contributed by atoms with Gasteiger partial charge >= 0.3 is 6.03 Å². The molecule has 1 aromatic carbocycles. The van der Waals surface area contributed by atoms with Crippen molar-refractivity contribution in [3.8, 4) is 0 Å². The number of urea groups is 1. The monoisotopic (exact) mass is 450 g/mol. The van der Waals surface area contributed by atoms with Gasteiger partial charge in [0.15, 0.2) is 0 Å². The van der Waals surface area contributed by atoms with Crippen molar-refractivity contribution in [1.82, 2.24) is 14.7 Å². The molecule has 1 aromatic heterocycles. The summed E-state index contributed by atoms with van der Waals surface area (Å²) in [5.41, 5.74) is 1.42. The van der Waals surface area contributed by atoms with Gasteiger partial charge in [-0.2, -0.15) is 4.98 Å². The van der Waals surface area contributed by atoms with Gasteiger partial charge in [-0.25, -0.2) is 22.9 Å². The van der Waals surface area contributed by atoms with Gasteiger partial charge in [-0.3, -0.25) is 10.2 Å². The highest BCUT2D eigenvalue weighted by Gasteiger charge is 2.28. The first-order chi connectivity index (χ1) is 14.3. The van der Waals surface area contributed by atoms with E-state index >= 15 is 0 Å². The van der Waals surface area contributed by atoms with E-state index in [9.17, 15) is 13.2 Å². The number of carbonyl (C=O) groups excluding carboxylic acids is 1. The predicted molar refractivity (Wildman–Crippen MR) is 116 cm³/mol. The van der Waals surface area contributed by atoms with E-state index in [1.54, 1.807) is 23.2 Å². The summed E-state index contributed by atoms with van der Waals surface area (Å²) in [4.78, 5) is 23.0. The molecular formula is C19H23ClN6O3S. The summed E-state index contributed by atoms with van der Waals surface area (Å²) >= 11 is 6.23. The lowest BCUT2D eigenvalue weighted by atomic mass is 9.92. The minimum Gasteiger partial charge on any atom is -0.351 e. The maximum atomic E-state index is 12.6. The van der Waals surface area contributed by atoms with E-state index in [-0.39, 0.29) is 18.1 Å². The van der Waals surface area contributed by atoms with Gasteiger partial charge < -0.3 is 5.32 Å². The summed E-state index contributed by atoms with van der Waals surface area (Å²) in [6.07, 6.45) is 5.99. The third kappa shape index (κ3) is 4.82. The van der Waals surface area contributed by atoms with Crippen LogP contribution in [0.4, 0.5) is 22.2 Å². The molecule has 1 saturated carbocycles. The van der Waals surface area contributed by atoms with Gasteiger partial charge in [-0.05, 0) is 37.8 Å². The number of fused-ring (bicyclic) bond motifs is 1. The Morgan fingerprint density at radius 3 is 2.57 bits per heavy atom. The number of sulfonamides is 1. The normalized spacial score (nSPS) is 21.7. The number of anilines is 3. The van der Waals surface area contributed by atoms with Crippen molar-refractivity contribution >= 4 is 45.1 Å². The van der Waals surface area contributed by atoms with Crippen LogP contribution in [0.15, 0.2) is 30.5 Å². The average molecular weight is 451 g/mol. The Bertz CT molecular complexity index is 1060. The van der Waals surface area contributed by atoms with Crippen molar-refractivity contribution in [2.24, 2.45) is 0 Å². The molecule has 1 fully saturated rings. The molecule has 30 heavy (non-hydrogen) atoms. The van der Waals surface area contributed by atoms with Crippen molar-refractivity contribution in [1.29, 1.82) is 0 Å². The van der Waals surface area contributed by atoms with E-state index < -0.39 is 10.0 Å². The van der Waals surface area contributed by atoms with E-state index in [2.05, 4.69) is 25.3 Å². The molecule has 9 nitrogen and oxygen atoms in total. The Morgan fingerprint density at radius 1 is 1.17 bits per heavy atom. The van der Waals surface area contributed by atoms with Gasteiger partial charge in [-0.1, -0.05) is 23.7 Å². The second-order valence-corrected chi connectivity index (χ2v) is 9.81. The summed E-state index contributed by atoms with van der Waals surface area (Å²) in [6, 6.07) is 6.99. The van der Waals surface area contributed by atoms with E-state index in [1.807, 2.05) is 12.1 Å². The molecular weight excluding hydrogens is 428 g/mol. The summed E-state index contributed by atoms with van der Waals surface area (Å²) in [6.45, 7) is 0.327. The van der Waals surface area contributed by atoms with Crippen LogP contribution in [0.25, 0.3) is 0 Å². The van der Waals surface area contributed by atoms with E-state index in [4.69, 9.17) is 11.6 Å². The zero-order valence-corrected chi connectivity index (χ0v) is 18.0. The molecule has 1 aliphatic carbocycles. The van der Waals surface area contributed by atoms with Gasteiger partial charge in [0.2, 0.25) is 16.0 Å². The summed E-state index contributed by atoms with van der Waals surface area (Å²) < 4.78 is 25.4. The van der Waals surface area contributed by atoms with Crippen LogP contribution in [0, 0.1) is 0 Å². The van der Waals surface area contributed by atoms with Crippen LogP contribution in [-0.2, 0) is 16.6 Å². The molecule has 0 bridgehead atoms. The second kappa shape index (κ2) is 8.37. The molecule has 0 spiro atoms. The fourth-order valence-corrected chi connectivity index (χ4v) is 4.90. The molecule has 0 saturated heterocycles. The van der Waals surface area contributed by atoms with Crippen LogP contribution < -0.4 is 20.3 Å².